The summed E-state index contributed by atoms with van der Waals surface area (Å²) in [6.45, 7) is 14.0. The minimum Gasteiger partial charge on any atom is -0.461 e. The number of unbranched alkanes of at least 4 members (excludes halogenated alkanes) is 5. The fraction of sp³-hybridized carbons (Fsp3) is 0.600. The van der Waals surface area contributed by atoms with E-state index >= 15 is 0 Å². The van der Waals surface area contributed by atoms with Crippen LogP contribution in [0.1, 0.15) is 104 Å². The lowest BCUT2D eigenvalue weighted by Gasteiger charge is -2.55. The largest absolute Gasteiger partial charge is 0.461 e. The monoisotopic (exact) mass is 533 g/mol. The van der Waals surface area contributed by atoms with E-state index in [1.807, 2.05) is 60.7 Å². The quantitative estimate of drug-likeness (QED) is 0.140. The van der Waals surface area contributed by atoms with Crippen LogP contribution in [0.4, 0.5) is 0 Å². The van der Waals surface area contributed by atoms with Gasteiger partial charge in [0.05, 0.1) is 0 Å². The molecule has 0 unspecified atom stereocenters. The minimum absolute atomic E-state index is 0.103. The number of carbonyl (C=O) groups excluding carboxylic acids is 2. The molecule has 1 heterocycles. The van der Waals surface area contributed by atoms with Crippen LogP contribution >= 0.6 is 0 Å². The van der Waals surface area contributed by atoms with E-state index in [0.717, 1.165) is 30.5 Å². The van der Waals surface area contributed by atoms with E-state index in [9.17, 15) is 9.59 Å². The maximum absolute atomic E-state index is 14.1. The third-order valence-electron chi connectivity index (χ3n) is 8.69. The van der Waals surface area contributed by atoms with E-state index in [4.69, 9.17) is 4.74 Å². The maximum atomic E-state index is 14.1. The molecule has 0 radical (unpaired) electrons. The molecule has 0 saturated carbocycles. The number of piperidine rings is 1. The molecular weight excluding hydrogens is 482 g/mol. The summed E-state index contributed by atoms with van der Waals surface area (Å²) in [4.78, 5) is 30.1. The Kier molecular flexibility index (Phi) is 11.0. The van der Waals surface area contributed by atoms with E-state index in [-0.39, 0.29) is 28.9 Å². The summed E-state index contributed by atoms with van der Waals surface area (Å²) in [7, 11) is 0. The first kappa shape index (κ1) is 31.1. The minimum atomic E-state index is -1.26. The van der Waals surface area contributed by atoms with Crippen LogP contribution < -0.4 is 0 Å². The third-order valence-corrected chi connectivity index (χ3v) is 8.69. The molecule has 0 spiro atoms. The fourth-order valence-corrected chi connectivity index (χ4v) is 6.72. The Morgan fingerprint density at radius 3 is 1.72 bits per heavy atom. The second kappa shape index (κ2) is 13.7. The molecule has 1 aliphatic rings. The van der Waals surface area contributed by atoms with Gasteiger partial charge in [-0.2, -0.15) is 0 Å². The Labute approximate surface area is 237 Å². The number of benzene rings is 2. The Hall–Kier alpha value is -2.46. The van der Waals surface area contributed by atoms with E-state index in [1.54, 1.807) is 6.92 Å². The first-order valence-electron chi connectivity index (χ1n) is 15.1. The van der Waals surface area contributed by atoms with Gasteiger partial charge in [0.15, 0.2) is 0 Å². The summed E-state index contributed by atoms with van der Waals surface area (Å²) in [5.41, 5.74) is 0.471. The molecule has 0 N–H and O–H groups in total. The normalized spacial score (nSPS) is 17.6. The number of ether oxygens (including phenoxy) is 1. The van der Waals surface area contributed by atoms with Crippen LogP contribution in [-0.4, -0.2) is 40.4 Å². The molecule has 2 aromatic carbocycles. The van der Waals surface area contributed by atoms with Gasteiger partial charge in [-0.05, 0) is 71.6 Å². The van der Waals surface area contributed by atoms with Gasteiger partial charge < -0.3 is 4.74 Å². The smallest absolute Gasteiger partial charge is 0.320 e. The standard InChI is InChI=1S/C35H51NO3/c1-7-8-9-10-11-18-23-36-33(3,4)26-31(27-34(36,5)6)39-32(38)35(28(2)37,24-29-19-14-12-15-20-29)25-30-21-16-13-17-22-30/h12-17,19-22,31H,7-11,18,23-27H2,1-6H3. The van der Waals surface area contributed by atoms with Crippen LogP contribution in [0.2, 0.25) is 0 Å². The molecule has 2 aromatic rings. The van der Waals surface area contributed by atoms with E-state index in [2.05, 4.69) is 39.5 Å². The zero-order valence-electron chi connectivity index (χ0n) is 25.3. The summed E-state index contributed by atoms with van der Waals surface area (Å²) >= 11 is 0. The number of Topliss-reactive ketones (excluding diaryl/α,β-unsaturated/α-hetero) is 1. The summed E-state index contributed by atoms with van der Waals surface area (Å²) in [5.74, 6) is -0.525. The van der Waals surface area contributed by atoms with E-state index < -0.39 is 5.41 Å². The van der Waals surface area contributed by atoms with Crippen molar-refractivity contribution < 1.29 is 14.3 Å². The van der Waals surface area contributed by atoms with Crippen LogP contribution in [0.5, 0.6) is 0 Å². The summed E-state index contributed by atoms with van der Waals surface area (Å²) in [5, 5.41) is 0. The zero-order chi connectivity index (χ0) is 28.5. The van der Waals surface area contributed by atoms with Gasteiger partial charge in [-0.3, -0.25) is 14.5 Å². The molecular formula is C35H51NO3. The Morgan fingerprint density at radius 2 is 1.26 bits per heavy atom. The first-order chi connectivity index (χ1) is 18.5. The summed E-state index contributed by atoms with van der Waals surface area (Å²) in [6.07, 6.45) is 9.66. The molecule has 0 bridgehead atoms. The topological polar surface area (TPSA) is 46.6 Å². The Balaban J connectivity index is 1.78. The van der Waals surface area contributed by atoms with Gasteiger partial charge in [-0.25, -0.2) is 0 Å². The number of nitrogens with zero attached hydrogens (tertiary/aromatic N) is 1. The third kappa shape index (κ3) is 8.27. The van der Waals surface area contributed by atoms with Gasteiger partial charge in [0, 0.05) is 23.9 Å². The predicted molar refractivity (Wildman–Crippen MR) is 161 cm³/mol. The highest BCUT2D eigenvalue weighted by Crippen LogP contribution is 2.41. The maximum Gasteiger partial charge on any atom is 0.320 e. The SMILES string of the molecule is CCCCCCCCN1C(C)(C)CC(OC(=O)C(Cc2ccccc2)(Cc2ccccc2)C(C)=O)CC1(C)C. The highest BCUT2D eigenvalue weighted by molar-refractivity contribution is 6.03. The zero-order valence-corrected chi connectivity index (χ0v) is 25.3. The fourth-order valence-electron chi connectivity index (χ4n) is 6.72. The van der Waals surface area contributed by atoms with Crippen molar-refractivity contribution in [3.05, 3.63) is 71.8 Å². The molecule has 4 nitrogen and oxygen atoms in total. The van der Waals surface area contributed by atoms with Crippen molar-refractivity contribution in [3.63, 3.8) is 0 Å². The van der Waals surface area contributed by atoms with Crippen molar-refractivity contribution in [1.29, 1.82) is 0 Å². The lowest BCUT2D eigenvalue weighted by atomic mass is 9.73. The molecule has 39 heavy (non-hydrogen) atoms. The van der Waals surface area contributed by atoms with Crippen molar-refractivity contribution in [3.8, 4) is 0 Å². The van der Waals surface area contributed by atoms with Crippen molar-refractivity contribution in [2.75, 3.05) is 6.54 Å². The Bertz CT molecular complexity index is 985. The number of hydrogen-bond donors (Lipinski definition) is 0. The predicted octanol–water partition coefficient (Wildman–Crippen LogP) is 7.97. The highest BCUT2D eigenvalue weighted by atomic mass is 16.5. The molecule has 4 heteroatoms. The van der Waals surface area contributed by atoms with E-state index in [0.29, 0.717) is 12.8 Å². The molecule has 0 amide bonds. The summed E-state index contributed by atoms with van der Waals surface area (Å²) in [6, 6.07) is 19.7. The van der Waals surface area contributed by atoms with Gasteiger partial charge in [-0.1, -0.05) is 99.7 Å². The molecule has 0 aromatic heterocycles. The molecule has 214 valence electrons. The number of hydrogen-bond acceptors (Lipinski definition) is 4. The van der Waals surface area contributed by atoms with Gasteiger partial charge in [0.2, 0.25) is 0 Å². The second-order valence-corrected chi connectivity index (χ2v) is 12.9. The summed E-state index contributed by atoms with van der Waals surface area (Å²) < 4.78 is 6.37. The van der Waals surface area contributed by atoms with Crippen LogP contribution in [0.25, 0.3) is 0 Å². The molecule has 3 rings (SSSR count). The Morgan fingerprint density at radius 1 is 0.795 bits per heavy atom. The molecule has 1 aliphatic heterocycles. The average Bonchev–Trinajstić information content (AvgIpc) is 2.87. The lowest BCUT2D eigenvalue weighted by molar-refractivity contribution is -0.174. The number of esters is 1. The van der Waals surface area contributed by atoms with Gasteiger partial charge in [-0.15, -0.1) is 0 Å². The number of ketones is 1. The van der Waals surface area contributed by atoms with Crippen LogP contribution in [0, 0.1) is 5.41 Å². The van der Waals surface area contributed by atoms with Crippen molar-refractivity contribution in [1.82, 2.24) is 4.90 Å². The van der Waals surface area contributed by atoms with Crippen LogP contribution in [-0.2, 0) is 27.2 Å². The average molecular weight is 534 g/mol. The van der Waals surface area contributed by atoms with E-state index in [1.165, 1.54) is 38.5 Å². The number of rotatable bonds is 14. The second-order valence-electron chi connectivity index (χ2n) is 12.9. The van der Waals surface area contributed by atoms with Gasteiger partial charge in [0.1, 0.15) is 17.3 Å². The molecule has 0 atom stereocenters. The highest BCUT2D eigenvalue weighted by Gasteiger charge is 2.50. The molecule has 1 saturated heterocycles. The molecule has 1 fully saturated rings. The van der Waals surface area contributed by atoms with Crippen molar-refractivity contribution in [2.45, 2.75) is 123 Å². The van der Waals surface area contributed by atoms with Gasteiger partial charge in [0.25, 0.3) is 0 Å². The number of carbonyl (C=O) groups is 2. The van der Waals surface area contributed by atoms with Gasteiger partial charge >= 0.3 is 5.97 Å². The number of likely N-dealkylation sites (tertiary alicyclic amines) is 1. The van der Waals surface area contributed by atoms with Crippen LogP contribution in [0.15, 0.2) is 60.7 Å². The molecule has 0 aliphatic carbocycles. The van der Waals surface area contributed by atoms with Crippen molar-refractivity contribution >= 4 is 11.8 Å². The lowest BCUT2D eigenvalue weighted by Crippen LogP contribution is -2.62. The van der Waals surface area contributed by atoms with Crippen LogP contribution in [0.3, 0.4) is 0 Å². The van der Waals surface area contributed by atoms with Crippen molar-refractivity contribution in [2.24, 2.45) is 5.41 Å². The first-order valence-corrected chi connectivity index (χ1v) is 15.1.